The smallest absolute Gasteiger partial charge is 0.195 e. The highest BCUT2D eigenvalue weighted by atomic mass is 32.2. The fraction of sp³-hybridized carbons (Fsp3) is 0.0769. The van der Waals surface area contributed by atoms with Gasteiger partial charge in [-0.15, -0.1) is 0 Å². The number of aromatic amines is 1. The van der Waals surface area contributed by atoms with E-state index in [9.17, 15) is 0 Å². The Bertz CT molecular complexity index is 709. The number of methoxy groups -OCH3 is 1. The first-order valence-electron chi connectivity index (χ1n) is 5.93. The number of nitrogens with two attached hydrogens (primary N) is 1. The molecular formula is C13H13N5OS. The van der Waals surface area contributed by atoms with Crippen LogP contribution in [0.2, 0.25) is 0 Å². The second kappa shape index (κ2) is 5.40. The van der Waals surface area contributed by atoms with E-state index < -0.39 is 0 Å². The van der Waals surface area contributed by atoms with Crippen molar-refractivity contribution in [3.63, 3.8) is 0 Å². The van der Waals surface area contributed by atoms with Crippen LogP contribution in [0.5, 0.6) is 5.75 Å². The van der Waals surface area contributed by atoms with Crippen molar-refractivity contribution < 1.29 is 4.74 Å². The van der Waals surface area contributed by atoms with Crippen molar-refractivity contribution in [1.29, 1.82) is 0 Å². The Balaban J connectivity index is 1.98. The molecule has 0 aliphatic rings. The lowest BCUT2D eigenvalue weighted by Crippen LogP contribution is -2.10. The van der Waals surface area contributed by atoms with Crippen molar-refractivity contribution in [1.82, 2.24) is 15.0 Å². The van der Waals surface area contributed by atoms with Gasteiger partial charge in [0, 0.05) is 10.9 Å². The van der Waals surface area contributed by atoms with Crippen LogP contribution < -0.4 is 16.0 Å². The Morgan fingerprint density at radius 2 is 2.15 bits per heavy atom. The topological polar surface area (TPSA) is 88.8 Å². The molecule has 4 N–H and O–H groups in total. The van der Waals surface area contributed by atoms with Gasteiger partial charge < -0.3 is 15.1 Å². The number of H-pyrrole nitrogens is 1. The predicted octanol–water partition coefficient (Wildman–Crippen LogP) is 2.40. The fourth-order valence-corrected chi connectivity index (χ4v) is 2.85. The van der Waals surface area contributed by atoms with Crippen molar-refractivity contribution in [2.75, 3.05) is 12.5 Å². The molecule has 7 heteroatoms. The first-order valence-corrected chi connectivity index (χ1v) is 6.74. The van der Waals surface area contributed by atoms with Gasteiger partial charge in [-0.2, -0.15) is 0 Å². The third-order valence-corrected chi connectivity index (χ3v) is 3.75. The van der Waals surface area contributed by atoms with E-state index in [1.54, 1.807) is 7.11 Å². The Morgan fingerprint density at radius 1 is 1.30 bits per heavy atom. The second-order valence-electron chi connectivity index (χ2n) is 4.03. The van der Waals surface area contributed by atoms with Crippen LogP contribution >= 0.6 is 11.8 Å². The van der Waals surface area contributed by atoms with Crippen molar-refractivity contribution >= 4 is 28.5 Å². The standard InChI is InChI=1S/C13H13N5OS/c1-19-11-12(18-14)15-7-16-13(11)20-10-6-8-4-2-3-5-9(8)17-10/h2-7,17H,14H2,1H3,(H,15,16,18). The van der Waals surface area contributed by atoms with E-state index in [4.69, 9.17) is 10.6 Å². The van der Waals surface area contributed by atoms with Gasteiger partial charge >= 0.3 is 0 Å². The number of benzene rings is 1. The van der Waals surface area contributed by atoms with E-state index in [0.29, 0.717) is 16.6 Å². The zero-order valence-corrected chi connectivity index (χ0v) is 11.6. The number of hydrogen-bond acceptors (Lipinski definition) is 6. The van der Waals surface area contributed by atoms with Gasteiger partial charge in [0.05, 0.1) is 12.1 Å². The number of hydrogen-bond donors (Lipinski definition) is 3. The van der Waals surface area contributed by atoms with E-state index in [1.165, 1.54) is 18.1 Å². The van der Waals surface area contributed by atoms with Crippen LogP contribution in [-0.4, -0.2) is 22.1 Å². The molecule has 2 aromatic heterocycles. The molecule has 3 aromatic rings. The monoisotopic (exact) mass is 287 g/mol. The maximum absolute atomic E-state index is 5.41. The number of aromatic nitrogens is 3. The van der Waals surface area contributed by atoms with E-state index in [0.717, 1.165) is 15.9 Å². The molecule has 1 aromatic carbocycles. The lowest BCUT2D eigenvalue weighted by atomic mass is 10.3. The highest BCUT2D eigenvalue weighted by Gasteiger charge is 2.13. The molecule has 0 amide bonds. The summed E-state index contributed by atoms with van der Waals surface area (Å²) in [5.41, 5.74) is 3.58. The van der Waals surface area contributed by atoms with Gasteiger partial charge in [0.2, 0.25) is 0 Å². The van der Waals surface area contributed by atoms with Gasteiger partial charge in [-0.1, -0.05) is 18.2 Å². The van der Waals surface area contributed by atoms with Crippen LogP contribution in [0, 0.1) is 0 Å². The van der Waals surface area contributed by atoms with Crippen molar-refractivity contribution in [3.05, 3.63) is 36.7 Å². The van der Waals surface area contributed by atoms with Crippen molar-refractivity contribution in [2.45, 2.75) is 10.1 Å². The summed E-state index contributed by atoms with van der Waals surface area (Å²) in [4.78, 5) is 11.6. The molecule has 0 saturated heterocycles. The zero-order chi connectivity index (χ0) is 13.9. The summed E-state index contributed by atoms with van der Waals surface area (Å²) in [6, 6.07) is 10.2. The highest BCUT2D eigenvalue weighted by molar-refractivity contribution is 7.99. The first-order chi connectivity index (χ1) is 9.81. The van der Waals surface area contributed by atoms with Gasteiger partial charge in [0.25, 0.3) is 0 Å². The van der Waals surface area contributed by atoms with Crippen LogP contribution in [0.3, 0.4) is 0 Å². The average Bonchev–Trinajstić information content (AvgIpc) is 2.89. The summed E-state index contributed by atoms with van der Waals surface area (Å²) in [7, 11) is 1.56. The number of fused-ring (bicyclic) bond motifs is 1. The van der Waals surface area contributed by atoms with Crippen LogP contribution in [-0.2, 0) is 0 Å². The number of hydrazine groups is 1. The number of nitrogens with zero attached hydrogens (tertiary/aromatic N) is 2. The number of nitrogens with one attached hydrogen (secondary N) is 2. The molecular weight excluding hydrogens is 274 g/mol. The Hall–Kier alpha value is -2.25. The van der Waals surface area contributed by atoms with Gasteiger partial charge in [-0.25, -0.2) is 15.8 Å². The molecule has 0 radical (unpaired) electrons. The van der Waals surface area contributed by atoms with Gasteiger partial charge in [-0.3, -0.25) is 0 Å². The average molecular weight is 287 g/mol. The van der Waals surface area contributed by atoms with E-state index >= 15 is 0 Å². The molecule has 0 unspecified atom stereocenters. The third kappa shape index (κ3) is 2.28. The molecule has 20 heavy (non-hydrogen) atoms. The molecule has 102 valence electrons. The van der Waals surface area contributed by atoms with Crippen LogP contribution in [0.1, 0.15) is 0 Å². The quantitative estimate of drug-likeness (QED) is 0.388. The molecule has 6 nitrogen and oxygen atoms in total. The zero-order valence-electron chi connectivity index (χ0n) is 10.8. The normalized spacial score (nSPS) is 10.7. The lowest BCUT2D eigenvalue weighted by molar-refractivity contribution is 0.400. The molecule has 0 atom stereocenters. The summed E-state index contributed by atoms with van der Waals surface area (Å²) in [5, 5.41) is 2.83. The minimum absolute atomic E-state index is 0.459. The van der Waals surface area contributed by atoms with Gasteiger partial charge in [-0.05, 0) is 23.9 Å². The molecule has 0 fully saturated rings. The fourth-order valence-electron chi connectivity index (χ4n) is 1.92. The van der Waals surface area contributed by atoms with Gasteiger partial charge in [0.1, 0.15) is 11.4 Å². The molecule has 0 saturated carbocycles. The molecule has 0 aliphatic heterocycles. The summed E-state index contributed by atoms with van der Waals surface area (Å²) in [6.45, 7) is 0. The molecule has 0 aliphatic carbocycles. The van der Waals surface area contributed by atoms with Crippen molar-refractivity contribution in [2.24, 2.45) is 5.84 Å². The van der Waals surface area contributed by atoms with Crippen molar-refractivity contribution in [3.8, 4) is 5.75 Å². The minimum atomic E-state index is 0.459. The summed E-state index contributed by atoms with van der Waals surface area (Å²) in [5.74, 6) is 6.40. The summed E-state index contributed by atoms with van der Waals surface area (Å²) in [6.07, 6.45) is 1.45. The predicted molar refractivity (Wildman–Crippen MR) is 78.8 cm³/mol. The van der Waals surface area contributed by atoms with Crippen LogP contribution in [0.4, 0.5) is 5.82 Å². The number of ether oxygens (including phenoxy) is 1. The maximum Gasteiger partial charge on any atom is 0.195 e. The van der Waals surface area contributed by atoms with E-state index in [2.05, 4.69) is 32.5 Å². The van der Waals surface area contributed by atoms with Crippen LogP contribution in [0.25, 0.3) is 10.9 Å². The number of anilines is 1. The Morgan fingerprint density at radius 3 is 2.90 bits per heavy atom. The Labute approximate surface area is 119 Å². The number of para-hydroxylation sites is 1. The third-order valence-electron chi connectivity index (χ3n) is 2.82. The molecule has 0 spiro atoms. The number of nitrogen functional groups attached to an aromatic ring is 1. The minimum Gasteiger partial charge on any atom is -0.490 e. The first kappa shape index (κ1) is 12.8. The SMILES string of the molecule is COc1c(NN)ncnc1Sc1cc2ccccc2[nH]1. The van der Waals surface area contributed by atoms with E-state index in [1.807, 2.05) is 18.2 Å². The highest BCUT2D eigenvalue weighted by Crippen LogP contribution is 2.36. The second-order valence-corrected chi connectivity index (χ2v) is 5.06. The molecule has 3 rings (SSSR count). The maximum atomic E-state index is 5.41. The van der Waals surface area contributed by atoms with Gasteiger partial charge in [0.15, 0.2) is 11.6 Å². The largest absolute Gasteiger partial charge is 0.490 e. The summed E-state index contributed by atoms with van der Waals surface area (Å²) >= 11 is 1.47. The van der Waals surface area contributed by atoms with Crippen LogP contribution in [0.15, 0.2) is 46.7 Å². The number of rotatable bonds is 4. The molecule has 2 heterocycles. The lowest BCUT2D eigenvalue weighted by Gasteiger charge is -2.09. The summed E-state index contributed by atoms with van der Waals surface area (Å²) < 4.78 is 5.31. The Kier molecular flexibility index (Phi) is 3.44. The van der Waals surface area contributed by atoms with E-state index in [-0.39, 0.29) is 0 Å². The molecule has 0 bridgehead atoms.